The van der Waals surface area contributed by atoms with Gasteiger partial charge in [-0.2, -0.15) is 0 Å². The van der Waals surface area contributed by atoms with Crippen molar-refractivity contribution in [2.45, 2.75) is 12.3 Å². The molecule has 0 saturated heterocycles. The second-order valence-corrected chi connectivity index (χ2v) is 4.21. The van der Waals surface area contributed by atoms with Gasteiger partial charge in [0.15, 0.2) is 0 Å². The van der Waals surface area contributed by atoms with Crippen LogP contribution in [0.25, 0.3) is 0 Å². The van der Waals surface area contributed by atoms with E-state index < -0.39 is 11.9 Å². The van der Waals surface area contributed by atoms with Gasteiger partial charge in [0.05, 0.1) is 19.0 Å². The Morgan fingerprint density at radius 3 is 2.65 bits per heavy atom. The van der Waals surface area contributed by atoms with Crippen molar-refractivity contribution in [2.24, 2.45) is 0 Å². The molecule has 1 aromatic heterocycles. The first-order valence-electron chi connectivity index (χ1n) is 5.93. The van der Waals surface area contributed by atoms with E-state index in [4.69, 9.17) is 4.74 Å². The lowest BCUT2D eigenvalue weighted by molar-refractivity contribution is -0.138. The van der Waals surface area contributed by atoms with E-state index in [1.54, 1.807) is 12.1 Å². The molecule has 0 amide bonds. The number of carboxylic acid groups (broad SMARTS) is 1. The topological polar surface area (TPSA) is 72.3 Å². The van der Waals surface area contributed by atoms with Crippen LogP contribution in [0.1, 0.15) is 17.2 Å². The minimum absolute atomic E-state index is 0.206. The van der Waals surface area contributed by atoms with E-state index in [9.17, 15) is 14.3 Å². The maximum atomic E-state index is 12.8. The number of aliphatic carboxylic acids is 1. The summed E-state index contributed by atoms with van der Waals surface area (Å²) >= 11 is 0. The van der Waals surface area contributed by atoms with Crippen LogP contribution in [-0.4, -0.2) is 28.2 Å². The number of rotatable bonds is 5. The van der Waals surface area contributed by atoms with E-state index >= 15 is 0 Å². The number of aromatic nitrogens is 2. The number of hydrogen-bond acceptors (Lipinski definition) is 4. The maximum absolute atomic E-state index is 12.8. The zero-order valence-electron chi connectivity index (χ0n) is 10.8. The predicted octanol–water partition coefficient (Wildman–Crippen LogP) is 2.04. The largest absolute Gasteiger partial charge is 0.481 e. The van der Waals surface area contributed by atoms with Gasteiger partial charge in [-0.25, -0.2) is 9.37 Å². The van der Waals surface area contributed by atoms with Gasteiger partial charge in [0.25, 0.3) is 0 Å². The summed E-state index contributed by atoms with van der Waals surface area (Å²) in [6.07, 6.45) is 3.00. The Hall–Kier alpha value is -2.50. The van der Waals surface area contributed by atoms with Gasteiger partial charge in [-0.1, -0.05) is 12.1 Å². The summed E-state index contributed by atoms with van der Waals surface area (Å²) in [7, 11) is 1.43. The molecule has 1 atom stereocenters. The third-order valence-corrected chi connectivity index (χ3v) is 2.85. The molecule has 5 nitrogen and oxygen atoms in total. The summed E-state index contributed by atoms with van der Waals surface area (Å²) in [6.45, 7) is 0. The minimum Gasteiger partial charge on any atom is -0.481 e. The number of nitrogens with zero attached hydrogens (tertiary/aromatic N) is 2. The van der Waals surface area contributed by atoms with E-state index in [1.807, 2.05) is 0 Å². The molecule has 0 fully saturated rings. The Morgan fingerprint density at radius 2 is 2.05 bits per heavy atom. The lowest BCUT2D eigenvalue weighted by Crippen LogP contribution is -2.16. The average Bonchev–Trinajstić information content (AvgIpc) is 2.46. The summed E-state index contributed by atoms with van der Waals surface area (Å²) in [5, 5.41) is 9.32. The highest BCUT2D eigenvalue weighted by atomic mass is 19.1. The van der Waals surface area contributed by atoms with Crippen molar-refractivity contribution in [2.75, 3.05) is 7.11 Å². The van der Waals surface area contributed by atoms with Gasteiger partial charge < -0.3 is 9.84 Å². The fraction of sp³-hybridized carbons (Fsp3) is 0.214. The number of benzene rings is 1. The average molecular weight is 276 g/mol. The first-order valence-corrected chi connectivity index (χ1v) is 5.93. The van der Waals surface area contributed by atoms with Crippen LogP contribution in [0.4, 0.5) is 4.39 Å². The lowest BCUT2D eigenvalue weighted by Gasteiger charge is -2.12. The number of methoxy groups -OCH3 is 1. The van der Waals surface area contributed by atoms with Crippen molar-refractivity contribution < 1.29 is 19.0 Å². The standard InChI is InChI=1S/C14H13FN2O3/c1-20-13-8-16-7-12(17-13)11(14(18)19)6-9-2-4-10(15)5-3-9/h2-5,7-8,11H,6H2,1H3,(H,18,19). The van der Waals surface area contributed by atoms with Gasteiger partial charge in [-0.15, -0.1) is 0 Å². The van der Waals surface area contributed by atoms with Crippen molar-refractivity contribution in [1.82, 2.24) is 9.97 Å². The van der Waals surface area contributed by atoms with Gasteiger partial charge in [0.2, 0.25) is 5.88 Å². The van der Waals surface area contributed by atoms with Crippen LogP contribution in [0.15, 0.2) is 36.7 Å². The van der Waals surface area contributed by atoms with Crippen LogP contribution in [-0.2, 0) is 11.2 Å². The molecule has 0 aliphatic heterocycles. The Morgan fingerprint density at radius 1 is 1.35 bits per heavy atom. The zero-order valence-corrected chi connectivity index (χ0v) is 10.8. The molecule has 104 valence electrons. The van der Waals surface area contributed by atoms with Crippen LogP contribution in [0.3, 0.4) is 0 Å². The number of hydrogen-bond donors (Lipinski definition) is 1. The molecule has 0 saturated carbocycles. The SMILES string of the molecule is COc1cncc(C(Cc2ccc(F)cc2)C(=O)O)n1. The smallest absolute Gasteiger partial charge is 0.312 e. The highest BCUT2D eigenvalue weighted by molar-refractivity contribution is 5.75. The molecule has 0 bridgehead atoms. The first-order chi connectivity index (χ1) is 9.60. The molecule has 0 spiro atoms. The second-order valence-electron chi connectivity index (χ2n) is 4.21. The fourth-order valence-corrected chi connectivity index (χ4v) is 1.80. The third kappa shape index (κ3) is 3.28. The fourth-order valence-electron chi connectivity index (χ4n) is 1.80. The zero-order chi connectivity index (χ0) is 14.5. The van der Waals surface area contributed by atoms with Crippen LogP contribution in [0.5, 0.6) is 5.88 Å². The molecule has 0 radical (unpaired) electrons. The van der Waals surface area contributed by atoms with E-state index in [0.29, 0.717) is 11.3 Å². The Kier molecular flexibility index (Phi) is 4.24. The molecule has 1 heterocycles. The Bertz CT molecular complexity index is 602. The quantitative estimate of drug-likeness (QED) is 0.904. The molecule has 2 aromatic rings. The van der Waals surface area contributed by atoms with Gasteiger partial charge in [0, 0.05) is 6.20 Å². The molecular weight excluding hydrogens is 263 g/mol. The molecule has 0 aliphatic carbocycles. The second kappa shape index (κ2) is 6.10. The van der Waals surface area contributed by atoms with E-state index in [0.717, 1.165) is 0 Å². The highest BCUT2D eigenvalue weighted by Crippen LogP contribution is 2.21. The number of ether oxygens (including phenoxy) is 1. The summed E-state index contributed by atoms with van der Waals surface area (Å²) in [4.78, 5) is 19.4. The molecule has 6 heteroatoms. The maximum Gasteiger partial charge on any atom is 0.312 e. The molecular formula is C14H13FN2O3. The monoisotopic (exact) mass is 276 g/mol. The lowest BCUT2D eigenvalue weighted by atomic mass is 9.96. The molecule has 0 aliphatic rings. The van der Waals surface area contributed by atoms with Gasteiger partial charge in [-0.3, -0.25) is 9.78 Å². The van der Waals surface area contributed by atoms with Crippen molar-refractivity contribution in [3.05, 3.63) is 53.7 Å². The highest BCUT2D eigenvalue weighted by Gasteiger charge is 2.22. The summed E-state index contributed by atoms with van der Waals surface area (Å²) in [6, 6.07) is 5.70. The molecule has 20 heavy (non-hydrogen) atoms. The van der Waals surface area contributed by atoms with Crippen LogP contribution in [0, 0.1) is 5.82 Å². The molecule has 1 N–H and O–H groups in total. The van der Waals surface area contributed by atoms with Crippen molar-refractivity contribution in [3.63, 3.8) is 0 Å². The van der Waals surface area contributed by atoms with Crippen LogP contribution in [0.2, 0.25) is 0 Å². The third-order valence-electron chi connectivity index (χ3n) is 2.85. The van der Waals surface area contributed by atoms with E-state index in [2.05, 4.69) is 9.97 Å². The van der Waals surface area contributed by atoms with E-state index in [1.165, 1.54) is 31.6 Å². The Labute approximate surface area is 115 Å². The first kappa shape index (κ1) is 13.9. The minimum atomic E-state index is -1.02. The number of halogens is 1. The summed E-state index contributed by atoms with van der Waals surface area (Å²) < 4.78 is 17.8. The molecule has 1 aromatic carbocycles. The normalized spacial score (nSPS) is 11.9. The van der Waals surface area contributed by atoms with Gasteiger partial charge in [-0.05, 0) is 24.1 Å². The summed E-state index contributed by atoms with van der Waals surface area (Å²) in [5.41, 5.74) is 1.02. The Balaban J connectivity index is 2.26. The number of carbonyl (C=O) groups is 1. The van der Waals surface area contributed by atoms with Crippen LogP contribution < -0.4 is 4.74 Å². The van der Waals surface area contributed by atoms with Crippen molar-refractivity contribution in [1.29, 1.82) is 0 Å². The van der Waals surface area contributed by atoms with Crippen molar-refractivity contribution >= 4 is 5.97 Å². The molecule has 1 unspecified atom stereocenters. The summed E-state index contributed by atoms with van der Waals surface area (Å²) in [5.74, 6) is -1.98. The van der Waals surface area contributed by atoms with E-state index in [-0.39, 0.29) is 18.1 Å². The van der Waals surface area contributed by atoms with Gasteiger partial charge >= 0.3 is 5.97 Å². The number of carboxylic acids is 1. The van der Waals surface area contributed by atoms with Crippen molar-refractivity contribution in [3.8, 4) is 5.88 Å². The molecule has 2 rings (SSSR count). The van der Waals surface area contributed by atoms with Crippen LogP contribution >= 0.6 is 0 Å². The van der Waals surface area contributed by atoms with Gasteiger partial charge in [0.1, 0.15) is 11.7 Å². The predicted molar refractivity (Wildman–Crippen MR) is 69.1 cm³/mol.